The Morgan fingerprint density at radius 3 is 2.83 bits per heavy atom. The molecule has 3 rings (SSSR count). The minimum absolute atomic E-state index is 0.0877. The highest BCUT2D eigenvalue weighted by Crippen LogP contribution is 2.29. The van der Waals surface area contributed by atoms with E-state index in [-0.39, 0.29) is 30.5 Å². The Morgan fingerprint density at radius 2 is 2.14 bits per heavy atom. The maximum atomic E-state index is 12.5. The number of nitrogens with zero attached hydrogens (tertiary/aromatic N) is 2. The summed E-state index contributed by atoms with van der Waals surface area (Å²) in [6, 6.07) is 6.93. The third kappa shape index (κ3) is 6.47. The molecular weight excluding hydrogens is 389 g/mol. The van der Waals surface area contributed by atoms with Crippen molar-refractivity contribution in [2.45, 2.75) is 38.3 Å². The first kappa shape index (κ1) is 21.1. The highest BCUT2D eigenvalue weighted by atomic mass is 19.4. The molecule has 29 heavy (non-hydrogen) atoms. The lowest BCUT2D eigenvalue weighted by Gasteiger charge is -2.16. The normalized spacial score (nSPS) is 17.8. The van der Waals surface area contributed by atoms with Crippen LogP contribution < -0.4 is 15.4 Å². The summed E-state index contributed by atoms with van der Waals surface area (Å²) in [4.78, 5) is 8.75. The molecule has 1 saturated heterocycles. The first-order valence-electron chi connectivity index (χ1n) is 9.30. The van der Waals surface area contributed by atoms with Crippen molar-refractivity contribution in [1.82, 2.24) is 9.97 Å². The van der Waals surface area contributed by atoms with E-state index in [1.54, 1.807) is 19.1 Å². The molecule has 2 aromatic rings. The second-order valence-electron chi connectivity index (χ2n) is 6.78. The van der Waals surface area contributed by atoms with Gasteiger partial charge in [0.2, 0.25) is 5.95 Å². The van der Waals surface area contributed by atoms with Crippen LogP contribution in [0.2, 0.25) is 0 Å². The average molecular weight is 412 g/mol. The van der Waals surface area contributed by atoms with Crippen LogP contribution >= 0.6 is 0 Å². The lowest BCUT2D eigenvalue weighted by atomic mass is 10.1. The molecule has 0 spiro atoms. The number of benzene rings is 1. The van der Waals surface area contributed by atoms with Gasteiger partial charge in [-0.25, -0.2) is 4.98 Å². The molecule has 0 radical (unpaired) electrons. The predicted molar refractivity (Wildman–Crippen MR) is 102 cm³/mol. The van der Waals surface area contributed by atoms with E-state index in [4.69, 9.17) is 4.74 Å². The molecule has 158 valence electrons. The van der Waals surface area contributed by atoms with Crippen LogP contribution in [0.25, 0.3) is 11.3 Å². The molecule has 7 nitrogen and oxygen atoms in total. The number of nitrogens with one attached hydrogen (secondary N) is 2. The number of halogens is 3. The number of rotatable bonds is 8. The van der Waals surface area contributed by atoms with Gasteiger partial charge >= 0.3 is 6.36 Å². The Bertz CT molecular complexity index is 814. The molecule has 1 aliphatic rings. The van der Waals surface area contributed by atoms with Gasteiger partial charge in [-0.1, -0.05) is 12.1 Å². The average Bonchev–Trinajstić information content (AvgIpc) is 3.18. The molecule has 0 bridgehead atoms. The van der Waals surface area contributed by atoms with E-state index in [2.05, 4.69) is 25.3 Å². The predicted octanol–water partition coefficient (Wildman–Crippen LogP) is 3.43. The van der Waals surface area contributed by atoms with E-state index in [9.17, 15) is 18.3 Å². The smallest absolute Gasteiger partial charge is 0.406 e. The molecule has 1 fully saturated rings. The van der Waals surface area contributed by atoms with Gasteiger partial charge in [0.1, 0.15) is 11.6 Å². The SMILES string of the molecule is C[C@H](CO)Nc1nc(NC[C@H]2CCCO2)cc(-c2cccc(OC(F)(F)F)c2)n1. The zero-order chi connectivity index (χ0) is 20.9. The number of hydrogen-bond donors (Lipinski definition) is 3. The quantitative estimate of drug-likeness (QED) is 0.612. The van der Waals surface area contributed by atoms with Crippen LogP contribution in [0.1, 0.15) is 19.8 Å². The summed E-state index contributed by atoms with van der Waals surface area (Å²) in [5.74, 6) is 0.419. The van der Waals surface area contributed by atoms with E-state index < -0.39 is 6.36 Å². The third-order valence-corrected chi connectivity index (χ3v) is 4.27. The van der Waals surface area contributed by atoms with Crippen molar-refractivity contribution in [1.29, 1.82) is 0 Å². The Morgan fingerprint density at radius 1 is 1.31 bits per heavy atom. The van der Waals surface area contributed by atoms with Crippen molar-refractivity contribution in [3.05, 3.63) is 30.3 Å². The zero-order valence-corrected chi connectivity index (χ0v) is 15.9. The fourth-order valence-corrected chi connectivity index (χ4v) is 2.89. The van der Waals surface area contributed by atoms with Gasteiger partial charge in [-0.05, 0) is 31.9 Å². The molecule has 0 saturated carbocycles. The van der Waals surface area contributed by atoms with Crippen LogP contribution in [0.15, 0.2) is 30.3 Å². The Kier molecular flexibility index (Phi) is 6.75. The molecule has 0 aliphatic carbocycles. The molecule has 1 aromatic heterocycles. The van der Waals surface area contributed by atoms with Gasteiger partial charge in [0.15, 0.2) is 0 Å². The maximum absolute atomic E-state index is 12.5. The fourth-order valence-electron chi connectivity index (χ4n) is 2.89. The Hall–Kier alpha value is -2.59. The van der Waals surface area contributed by atoms with Crippen LogP contribution in [-0.4, -0.2) is 53.3 Å². The molecule has 3 N–H and O–H groups in total. The molecule has 0 amide bonds. The number of hydrogen-bond acceptors (Lipinski definition) is 7. The number of aliphatic hydroxyl groups is 1. The maximum Gasteiger partial charge on any atom is 0.573 e. The van der Waals surface area contributed by atoms with Crippen LogP contribution in [0.3, 0.4) is 0 Å². The van der Waals surface area contributed by atoms with Gasteiger partial charge in [0.25, 0.3) is 0 Å². The highest BCUT2D eigenvalue weighted by molar-refractivity contribution is 5.66. The van der Waals surface area contributed by atoms with Crippen molar-refractivity contribution < 1.29 is 27.8 Å². The van der Waals surface area contributed by atoms with E-state index in [0.29, 0.717) is 23.6 Å². The molecule has 10 heteroatoms. The van der Waals surface area contributed by atoms with Gasteiger partial charge in [-0.15, -0.1) is 13.2 Å². The van der Waals surface area contributed by atoms with Crippen LogP contribution in [0, 0.1) is 0 Å². The van der Waals surface area contributed by atoms with Crippen LogP contribution in [0.4, 0.5) is 24.9 Å². The van der Waals surface area contributed by atoms with Crippen molar-refractivity contribution in [3.8, 4) is 17.0 Å². The van der Waals surface area contributed by atoms with Gasteiger partial charge in [-0.2, -0.15) is 4.98 Å². The second kappa shape index (κ2) is 9.27. The first-order chi connectivity index (χ1) is 13.8. The van der Waals surface area contributed by atoms with E-state index in [1.807, 2.05) is 0 Å². The topological polar surface area (TPSA) is 88.5 Å². The standard InChI is InChI=1S/C19H23F3N4O3/c1-12(11-27)24-18-25-16(9-17(26-18)23-10-15-6-3-7-28-15)13-4-2-5-14(8-13)29-19(20,21)22/h2,4-5,8-9,12,15,27H,3,6-7,10-11H2,1H3,(H2,23,24,25,26)/t12-,15-/m1/s1. The van der Waals surface area contributed by atoms with E-state index in [1.165, 1.54) is 18.2 Å². The molecule has 0 unspecified atom stereocenters. The Balaban J connectivity index is 1.86. The van der Waals surface area contributed by atoms with Gasteiger partial charge in [0.05, 0.1) is 18.4 Å². The molecule has 2 atom stereocenters. The van der Waals surface area contributed by atoms with Crippen molar-refractivity contribution in [2.24, 2.45) is 0 Å². The van der Waals surface area contributed by atoms with Gasteiger partial charge in [0, 0.05) is 30.8 Å². The Labute approximate surface area is 166 Å². The molecular formula is C19H23F3N4O3. The lowest BCUT2D eigenvalue weighted by Crippen LogP contribution is -2.22. The number of ether oxygens (including phenoxy) is 2. The summed E-state index contributed by atoms with van der Waals surface area (Å²) < 4.78 is 47.2. The second-order valence-corrected chi connectivity index (χ2v) is 6.78. The minimum Gasteiger partial charge on any atom is -0.406 e. The number of anilines is 2. The monoisotopic (exact) mass is 412 g/mol. The first-order valence-corrected chi connectivity index (χ1v) is 9.30. The lowest BCUT2D eigenvalue weighted by molar-refractivity contribution is -0.274. The van der Waals surface area contributed by atoms with Crippen molar-refractivity contribution >= 4 is 11.8 Å². The fraction of sp³-hybridized carbons (Fsp3) is 0.474. The van der Waals surface area contributed by atoms with Gasteiger partial charge < -0.3 is 25.2 Å². The molecule has 1 aliphatic heterocycles. The molecule has 1 aromatic carbocycles. The summed E-state index contributed by atoms with van der Waals surface area (Å²) in [5, 5.41) is 15.4. The summed E-state index contributed by atoms with van der Waals surface area (Å²) in [7, 11) is 0. The number of aromatic nitrogens is 2. The zero-order valence-electron chi connectivity index (χ0n) is 15.9. The van der Waals surface area contributed by atoms with E-state index in [0.717, 1.165) is 19.4 Å². The third-order valence-electron chi connectivity index (χ3n) is 4.27. The van der Waals surface area contributed by atoms with Crippen LogP contribution in [-0.2, 0) is 4.74 Å². The van der Waals surface area contributed by atoms with Gasteiger partial charge in [-0.3, -0.25) is 0 Å². The van der Waals surface area contributed by atoms with Crippen molar-refractivity contribution in [2.75, 3.05) is 30.4 Å². The van der Waals surface area contributed by atoms with E-state index >= 15 is 0 Å². The number of alkyl halides is 3. The molecule has 2 heterocycles. The largest absolute Gasteiger partial charge is 0.573 e. The highest BCUT2D eigenvalue weighted by Gasteiger charge is 2.31. The van der Waals surface area contributed by atoms with Crippen LogP contribution in [0.5, 0.6) is 5.75 Å². The minimum atomic E-state index is -4.78. The summed E-state index contributed by atoms with van der Waals surface area (Å²) >= 11 is 0. The van der Waals surface area contributed by atoms with Crippen molar-refractivity contribution in [3.63, 3.8) is 0 Å². The summed E-state index contributed by atoms with van der Waals surface area (Å²) in [6.45, 7) is 2.92. The summed E-state index contributed by atoms with van der Waals surface area (Å²) in [6.07, 6.45) is -2.73. The summed E-state index contributed by atoms with van der Waals surface area (Å²) in [5.41, 5.74) is 0.851. The number of aliphatic hydroxyl groups excluding tert-OH is 1.